The van der Waals surface area contributed by atoms with Crippen LogP contribution >= 0.6 is 0 Å². The molecule has 0 saturated carbocycles. The molecule has 0 aliphatic heterocycles. The Kier molecular flexibility index (Phi) is 16.3. The molecule has 0 aromatic carbocycles. The van der Waals surface area contributed by atoms with Crippen molar-refractivity contribution in [1.82, 2.24) is 34.6 Å². The number of pyridine rings is 3. The van der Waals surface area contributed by atoms with E-state index in [1.165, 1.54) is 21.3 Å². The summed E-state index contributed by atoms with van der Waals surface area (Å²) >= 11 is 0. The molecule has 0 fully saturated rings. The van der Waals surface area contributed by atoms with Gasteiger partial charge in [-0.15, -0.1) is 0 Å². The van der Waals surface area contributed by atoms with E-state index in [0.717, 1.165) is 71.3 Å². The summed E-state index contributed by atoms with van der Waals surface area (Å²) in [5.74, 6) is -3.38. The molecule has 3 atom stereocenters. The number of nitrogens with one attached hydrogen (secondary N) is 3. The molecule has 3 heterocycles. The van der Waals surface area contributed by atoms with Crippen LogP contribution in [0.15, 0.2) is 51.2 Å². The second kappa shape index (κ2) is 19.3. The number of aromatic nitrogens is 3. The van der Waals surface area contributed by atoms with E-state index in [0.29, 0.717) is 4.90 Å². The molecule has 56 heavy (non-hydrogen) atoms. The quantitative estimate of drug-likeness (QED) is 0.0773. The number of carbonyl (C=O) groups is 3. The molecule has 9 N–H and O–H groups in total. The number of aromatic hydroxyl groups is 3. The third kappa shape index (κ3) is 9.54. The van der Waals surface area contributed by atoms with Crippen LogP contribution in [0.2, 0.25) is 0 Å². The van der Waals surface area contributed by atoms with Gasteiger partial charge >= 0.3 is 18.3 Å². The monoisotopic (exact) mass is 918 g/mol. The second-order valence-corrected chi connectivity index (χ2v) is 12.5. The largest absolute Gasteiger partial charge is 0.503 e. The molecule has 0 aliphatic rings. The third-order valence-corrected chi connectivity index (χ3v) is 8.84. The molecule has 0 aliphatic carbocycles. The number of carboxylic acid groups (broad SMARTS) is 3. The first kappa shape index (κ1) is 47.2. The van der Waals surface area contributed by atoms with Gasteiger partial charge in [-0.1, -0.05) is 0 Å². The van der Waals surface area contributed by atoms with E-state index in [-0.39, 0.29) is 75.1 Å². The zero-order valence-corrected chi connectivity index (χ0v) is 35.1. The Labute approximate surface area is 346 Å². The van der Waals surface area contributed by atoms with Crippen molar-refractivity contribution in [3.8, 4) is 17.2 Å². The standard InChI is InChI=1S/C33H45N7O15.La/c1-31(34-28(47)48,25-22(44)19(41)7-10-37(25)13-16-53-4)40(32(2,35-29(49)50)26-23(45)20(42)8-11-38(26)14-17-54-5)33(3,36-30(51)52)27-24(46)21(43)9-12-39(27)15-18-55-6;/h7-12,34-36,44-46H,13-18H2,1-6H3,(H,47,48)(H,49,50)(H,51,52);. The number of ether oxygens (including phenoxy) is 3. The maximum Gasteiger partial charge on any atom is 0.406 e. The molecular formula is C33H45LaN7O15. The molecule has 3 aromatic rings. The summed E-state index contributed by atoms with van der Waals surface area (Å²) in [7, 11) is 3.96. The van der Waals surface area contributed by atoms with Gasteiger partial charge < -0.3 is 58.6 Å². The van der Waals surface area contributed by atoms with Crippen molar-refractivity contribution in [1.29, 1.82) is 0 Å². The summed E-state index contributed by atoms with van der Waals surface area (Å²) in [5, 5.41) is 72.9. The molecule has 0 spiro atoms. The van der Waals surface area contributed by atoms with E-state index >= 15 is 0 Å². The van der Waals surface area contributed by atoms with Gasteiger partial charge in [-0.2, -0.15) is 0 Å². The molecule has 22 nitrogen and oxygen atoms in total. The van der Waals surface area contributed by atoms with Crippen molar-refractivity contribution in [2.75, 3.05) is 41.2 Å². The number of amides is 3. The molecule has 3 aromatic heterocycles. The Bertz CT molecular complexity index is 1860. The van der Waals surface area contributed by atoms with E-state index in [1.807, 2.05) is 0 Å². The first-order valence-corrected chi connectivity index (χ1v) is 16.3. The predicted octanol–water partition coefficient (Wildman–Crippen LogP) is 0.251. The molecule has 0 bridgehead atoms. The second-order valence-electron chi connectivity index (χ2n) is 12.5. The fourth-order valence-corrected chi connectivity index (χ4v) is 6.98. The summed E-state index contributed by atoms with van der Waals surface area (Å²) < 4.78 is 19.0. The van der Waals surface area contributed by atoms with E-state index in [1.54, 1.807) is 0 Å². The van der Waals surface area contributed by atoms with Crippen LogP contribution in [0.1, 0.15) is 37.9 Å². The number of rotatable bonds is 18. The van der Waals surface area contributed by atoms with Gasteiger partial charge in [-0.3, -0.25) is 30.3 Å². The number of hydrogen-bond acceptors (Lipinski definition) is 13. The molecule has 23 heteroatoms. The van der Waals surface area contributed by atoms with Crippen molar-refractivity contribution in [3.63, 3.8) is 0 Å². The maximum atomic E-state index is 13.3. The van der Waals surface area contributed by atoms with Crippen LogP contribution in [0.25, 0.3) is 0 Å². The summed E-state index contributed by atoms with van der Waals surface area (Å²) in [4.78, 5) is 79.5. The normalized spacial score (nSPS) is 14.4. The first-order chi connectivity index (χ1) is 25.7. The molecule has 1 radical (unpaired) electrons. The SMILES string of the molecule is COCCn1ccc(=O)c(O)c1C(C)(NC(=O)O)N(C(C)(NC(=O)O)c1c(O)c(=O)ccn1CCOC)C(C)(NC(=O)O)c1c(O)c(=O)ccn1CCOC.[La]. The molecule has 3 amide bonds. The fourth-order valence-electron chi connectivity index (χ4n) is 6.98. The van der Waals surface area contributed by atoms with Crippen LogP contribution in [0.4, 0.5) is 14.4 Å². The Morgan fingerprint density at radius 1 is 0.571 bits per heavy atom. The molecule has 3 unspecified atom stereocenters. The van der Waals surface area contributed by atoms with Crippen molar-refractivity contribution in [2.45, 2.75) is 57.4 Å². The van der Waals surface area contributed by atoms with Gasteiger partial charge in [0.2, 0.25) is 16.3 Å². The van der Waals surface area contributed by atoms with Gasteiger partial charge in [-0.25, -0.2) is 19.3 Å². The van der Waals surface area contributed by atoms with Gasteiger partial charge in [0.25, 0.3) is 0 Å². The zero-order chi connectivity index (χ0) is 41.5. The minimum Gasteiger partial charge on any atom is -0.503 e. The molecule has 3 rings (SSSR count). The topological polar surface area (TPSA) is 306 Å². The van der Waals surface area contributed by atoms with Gasteiger partial charge in [0.05, 0.1) is 19.8 Å². The number of hydrogen-bond donors (Lipinski definition) is 9. The minimum absolute atomic E-state index is 0. The van der Waals surface area contributed by atoms with Crippen LogP contribution in [0, 0.1) is 35.6 Å². The van der Waals surface area contributed by atoms with Gasteiger partial charge in [0, 0.05) is 113 Å². The average molecular weight is 919 g/mol. The zero-order valence-electron chi connectivity index (χ0n) is 31.4. The van der Waals surface area contributed by atoms with Gasteiger partial charge in [0.1, 0.15) is 34.1 Å². The van der Waals surface area contributed by atoms with Gasteiger partial charge in [0.15, 0.2) is 17.2 Å². The fraction of sp³-hybridized carbons (Fsp3) is 0.455. The Morgan fingerprint density at radius 2 is 0.804 bits per heavy atom. The van der Waals surface area contributed by atoms with Crippen molar-refractivity contribution >= 4 is 18.3 Å². The van der Waals surface area contributed by atoms with E-state index < -0.39 is 85.9 Å². The maximum absolute atomic E-state index is 13.3. The minimum atomic E-state index is -2.83. The van der Waals surface area contributed by atoms with Gasteiger partial charge in [-0.05, 0) is 20.8 Å². The van der Waals surface area contributed by atoms with Crippen LogP contribution in [-0.2, 0) is 50.8 Å². The smallest absolute Gasteiger partial charge is 0.406 e. The van der Waals surface area contributed by atoms with Crippen molar-refractivity contribution < 1.29 is 94.8 Å². The van der Waals surface area contributed by atoms with Crippen LogP contribution in [0.5, 0.6) is 17.2 Å². The molecule has 305 valence electrons. The predicted molar refractivity (Wildman–Crippen MR) is 190 cm³/mol. The van der Waals surface area contributed by atoms with Crippen LogP contribution < -0.4 is 32.2 Å². The van der Waals surface area contributed by atoms with Crippen LogP contribution in [0.3, 0.4) is 0 Å². The molecule has 0 saturated heterocycles. The first-order valence-electron chi connectivity index (χ1n) is 16.3. The summed E-state index contributed by atoms with van der Waals surface area (Å²) in [6.07, 6.45) is -2.28. The number of nitrogens with zero attached hydrogens (tertiary/aromatic N) is 4. The Balaban J connectivity index is 0.0000108. The third-order valence-electron chi connectivity index (χ3n) is 8.84. The molecular weight excluding hydrogens is 873 g/mol. The summed E-state index contributed by atoms with van der Waals surface area (Å²) in [6.45, 7) is 1.99. The average Bonchev–Trinajstić information content (AvgIpc) is 3.08. The summed E-state index contributed by atoms with van der Waals surface area (Å²) in [6, 6.07) is 2.79. The van der Waals surface area contributed by atoms with Crippen molar-refractivity contribution in [3.05, 3.63) is 84.5 Å². The van der Waals surface area contributed by atoms with E-state index in [2.05, 4.69) is 16.0 Å². The number of methoxy groups -OCH3 is 3. The van der Waals surface area contributed by atoms with E-state index in [4.69, 9.17) is 14.2 Å². The van der Waals surface area contributed by atoms with Crippen LogP contribution in [-0.4, -0.2) is 109 Å². The summed E-state index contributed by atoms with van der Waals surface area (Å²) in [5.41, 5.74) is -13.7. The van der Waals surface area contributed by atoms with Crippen molar-refractivity contribution in [2.24, 2.45) is 0 Å². The van der Waals surface area contributed by atoms with E-state index in [9.17, 15) is 59.4 Å². The Hall–Kier alpha value is -4.91. The Morgan fingerprint density at radius 3 is 1.00 bits per heavy atom.